The van der Waals surface area contributed by atoms with Crippen molar-refractivity contribution < 1.29 is 35.9 Å². The maximum Gasteiger partial charge on any atom is 0.416 e. The Bertz CT molecular complexity index is 1010. The third-order valence-corrected chi connectivity index (χ3v) is 5.14. The molecule has 0 atom stereocenters. The van der Waals surface area contributed by atoms with Gasteiger partial charge >= 0.3 is 6.18 Å². The zero-order valence-electron chi connectivity index (χ0n) is 15.2. The van der Waals surface area contributed by atoms with Crippen molar-refractivity contribution in [3.05, 3.63) is 48.0 Å². The van der Waals surface area contributed by atoms with Crippen LogP contribution in [0.1, 0.15) is 5.56 Å². The zero-order valence-corrected chi connectivity index (χ0v) is 16.0. The quantitative estimate of drug-likeness (QED) is 0.789. The Hall–Kier alpha value is -2.95. The van der Waals surface area contributed by atoms with E-state index >= 15 is 0 Å². The van der Waals surface area contributed by atoms with Crippen molar-refractivity contribution in [3.63, 3.8) is 0 Å². The molecule has 1 N–H and O–H groups in total. The number of hydrogen-bond donors (Lipinski definition) is 1. The SMILES string of the molecule is CS(=O)(=O)N(CC(=O)Nc1ccc2c(c1)OCCO2)c1ccc(C(F)(F)F)cc1. The highest BCUT2D eigenvalue weighted by molar-refractivity contribution is 7.92. The first-order valence-electron chi connectivity index (χ1n) is 8.38. The van der Waals surface area contributed by atoms with Crippen molar-refractivity contribution in [1.82, 2.24) is 0 Å². The summed E-state index contributed by atoms with van der Waals surface area (Å²) in [6, 6.07) is 8.22. The molecule has 3 rings (SSSR count). The molecule has 11 heteroatoms. The molecule has 0 bridgehead atoms. The summed E-state index contributed by atoms with van der Waals surface area (Å²) in [7, 11) is -3.92. The minimum Gasteiger partial charge on any atom is -0.486 e. The summed E-state index contributed by atoms with van der Waals surface area (Å²) in [5.74, 6) is 0.292. The molecule has 2 aromatic carbocycles. The number of rotatable bonds is 5. The number of fused-ring (bicyclic) bond motifs is 1. The monoisotopic (exact) mass is 430 g/mol. The van der Waals surface area contributed by atoms with E-state index in [2.05, 4.69) is 5.32 Å². The van der Waals surface area contributed by atoms with Crippen molar-refractivity contribution in [2.75, 3.05) is 35.6 Å². The summed E-state index contributed by atoms with van der Waals surface area (Å²) >= 11 is 0. The number of carbonyl (C=O) groups excluding carboxylic acids is 1. The normalized spacial score (nSPS) is 13.7. The van der Waals surface area contributed by atoms with Gasteiger partial charge in [-0.15, -0.1) is 0 Å². The number of carbonyl (C=O) groups is 1. The topological polar surface area (TPSA) is 84.9 Å². The molecule has 0 fully saturated rings. The molecule has 7 nitrogen and oxygen atoms in total. The Morgan fingerprint density at radius 2 is 1.69 bits per heavy atom. The summed E-state index contributed by atoms with van der Waals surface area (Å²) < 4.78 is 73.8. The first-order valence-corrected chi connectivity index (χ1v) is 10.2. The van der Waals surface area contributed by atoms with E-state index in [9.17, 15) is 26.4 Å². The number of amides is 1. The van der Waals surface area contributed by atoms with Crippen molar-refractivity contribution in [2.45, 2.75) is 6.18 Å². The molecule has 0 aromatic heterocycles. The fourth-order valence-electron chi connectivity index (χ4n) is 2.67. The number of ether oxygens (including phenoxy) is 2. The van der Waals surface area contributed by atoms with Crippen LogP contribution in [0.25, 0.3) is 0 Å². The Labute approximate surface area is 165 Å². The summed E-state index contributed by atoms with van der Waals surface area (Å²) in [4.78, 5) is 12.4. The fraction of sp³-hybridized carbons (Fsp3) is 0.278. The van der Waals surface area contributed by atoms with Gasteiger partial charge in [-0.25, -0.2) is 8.42 Å². The molecular weight excluding hydrogens is 413 g/mol. The molecule has 2 aromatic rings. The molecule has 156 valence electrons. The molecule has 0 unspecified atom stereocenters. The number of halogens is 3. The van der Waals surface area contributed by atoms with Gasteiger partial charge in [0, 0.05) is 11.8 Å². The predicted molar refractivity (Wildman–Crippen MR) is 99.7 cm³/mol. The molecule has 1 heterocycles. The third kappa shape index (κ3) is 5.11. The van der Waals surface area contributed by atoms with E-state index in [1.54, 1.807) is 12.1 Å². The second-order valence-electron chi connectivity index (χ2n) is 6.22. The Morgan fingerprint density at radius 1 is 1.07 bits per heavy atom. The van der Waals surface area contributed by atoms with Gasteiger partial charge in [-0.1, -0.05) is 0 Å². The van der Waals surface area contributed by atoms with E-state index in [-0.39, 0.29) is 5.69 Å². The number of benzene rings is 2. The smallest absolute Gasteiger partial charge is 0.416 e. The first kappa shape index (κ1) is 20.8. The van der Waals surface area contributed by atoms with Crippen LogP contribution in [0.3, 0.4) is 0 Å². The third-order valence-electron chi connectivity index (χ3n) is 4.00. The standard InChI is InChI=1S/C18H17F3N2O5S/c1-29(25,26)23(14-5-2-12(3-6-14)18(19,20)21)11-17(24)22-13-4-7-15-16(10-13)28-9-8-27-15/h2-7,10H,8-9,11H2,1H3,(H,22,24). The van der Waals surface area contributed by atoms with Gasteiger partial charge in [0.2, 0.25) is 15.9 Å². The van der Waals surface area contributed by atoms with E-state index < -0.39 is 34.2 Å². The summed E-state index contributed by atoms with van der Waals surface area (Å²) in [5, 5.41) is 2.54. The van der Waals surface area contributed by atoms with Crippen LogP contribution in [0.2, 0.25) is 0 Å². The lowest BCUT2D eigenvalue weighted by atomic mass is 10.2. The van der Waals surface area contributed by atoms with Gasteiger partial charge in [-0.3, -0.25) is 9.10 Å². The lowest BCUT2D eigenvalue weighted by Gasteiger charge is -2.23. The maximum atomic E-state index is 12.7. The van der Waals surface area contributed by atoms with E-state index in [0.717, 1.165) is 34.8 Å². The van der Waals surface area contributed by atoms with Crippen molar-refractivity contribution in [1.29, 1.82) is 0 Å². The van der Waals surface area contributed by atoms with Gasteiger partial charge in [0.25, 0.3) is 0 Å². The van der Waals surface area contributed by atoms with Crippen LogP contribution in [0.4, 0.5) is 24.5 Å². The minimum atomic E-state index is -4.55. The van der Waals surface area contributed by atoms with Gasteiger partial charge in [-0.2, -0.15) is 13.2 Å². The number of alkyl halides is 3. The molecule has 0 aliphatic carbocycles. The number of anilines is 2. The number of nitrogens with zero attached hydrogens (tertiary/aromatic N) is 1. The largest absolute Gasteiger partial charge is 0.486 e. The lowest BCUT2D eigenvalue weighted by molar-refractivity contribution is -0.137. The minimum absolute atomic E-state index is 0.0576. The van der Waals surface area contributed by atoms with Crippen molar-refractivity contribution in [2.24, 2.45) is 0 Å². The fourth-order valence-corrected chi connectivity index (χ4v) is 3.53. The van der Waals surface area contributed by atoms with E-state index in [4.69, 9.17) is 9.47 Å². The molecule has 1 amide bonds. The van der Waals surface area contributed by atoms with Crippen molar-refractivity contribution in [3.8, 4) is 11.5 Å². The predicted octanol–water partition coefficient (Wildman–Crippen LogP) is 2.88. The molecule has 0 saturated heterocycles. The highest BCUT2D eigenvalue weighted by Crippen LogP contribution is 2.33. The average Bonchev–Trinajstić information content (AvgIpc) is 2.64. The van der Waals surface area contributed by atoms with Crippen LogP contribution in [-0.2, 0) is 21.0 Å². The zero-order chi connectivity index (χ0) is 21.2. The van der Waals surface area contributed by atoms with Crippen LogP contribution < -0.4 is 19.1 Å². The van der Waals surface area contributed by atoms with E-state index in [1.165, 1.54) is 6.07 Å². The number of nitrogens with one attached hydrogen (secondary N) is 1. The van der Waals surface area contributed by atoms with Crippen LogP contribution in [0.5, 0.6) is 11.5 Å². The van der Waals surface area contributed by atoms with Crippen LogP contribution in [-0.4, -0.2) is 40.3 Å². The molecule has 0 saturated carbocycles. The molecular formula is C18H17F3N2O5S. The summed E-state index contributed by atoms with van der Waals surface area (Å²) in [6.45, 7) is 0.161. The first-order chi connectivity index (χ1) is 13.5. The number of hydrogen-bond acceptors (Lipinski definition) is 5. The van der Waals surface area contributed by atoms with Gasteiger partial charge in [-0.05, 0) is 36.4 Å². The molecule has 1 aliphatic heterocycles. The van der Waals surface area contributed by atoms with E-state index in [0.29, 0.717) is 30.4 Å². The Balaban J connectivity index is 1.76. The molecule has 1 aliphatic rings. The lowest BCUT2D eigenvalue weighted by Crippen LogP contribution is -2.37. The van der Waals surface area contributed by atoms with Crippen molar-refractivity contribution >= 4 is 27.3 Å². The second kappa shape index (κ2) is 7.82. The highest BCUT2D eigenvalue weighted by Gasteiger charge is 2.31. The maximum absolute atomic E-state index is 12.7. The second-order valence-corrected chi connectivity index (χ2v) is 8.13. The van der Waals surface area contributed by atoms with E-state index in [1.807, 2.05) is 0 Å². The van der Waals surface area contributed by atoms with Crippen LogP contribution >= 0.6 is 0 Å². The highest BCUT2D eigenvalue weighted by atomic mass is 32.2. The molecule has 0 radical (unpaired) electrons. The molecule has 29 heavy (non-hydrogen) atoms. The number of sulfonamides is 1. The van der Waals surface area contributed by atoms with Gasteiger partial charge in [0.1, 0.15) is 19.8 Å². The van der Waals surface area contributed by atoms with Gasteiger partial charge < -0.3 is 14.8 Å². The summed E-state index contributed by atoms with van der Waals surface area (Å²) in [5.41, 5.74) is -0.617. The van der Waals surface area contributed by atoms with Gasteiger partial charge in [0.05, 0.1) is 17.5 Å². The Kier molecular flexibility index (Phi) is 5.60. The van der Waals surface area contributed by atoms with Gasteiger partial charge in [0.15, 0.2) is 11.5 Å². The molecule has 0 spiro atoms. The Morgan fingerprint density at radius 3 is 2.28 bits per heavy atom. The average molecular weight is 430 g/mol. The summed E-state index contributed by atoms with van der Waals surface area (Å²) in [6.07, 6.45) is -3.69. The van der Waals surface area contributed by atoms with Crippen LogP contribution in [0, 0.1) is 0 Å². The van der Waals surface area contributed by atoms with Crippen LogP contribution in [0.15, 0.2) is 42.5 Å².